The van der Waals surface area contributed by atoms with Crippen LogP contribution in [0.15, 0.2) is 0 Å². The second-order valence-electron chi connectivity index (χ2n) is 0.687. The predicted molar refractivity (Wildman–Crippen MR) is 29.1 cm³/mol. The van der Waals surface area contributed by atoms with Gasteiger partial charge in [-0.25, -0.2) is 4.57 Å². The summed E-state index contributed by atoms with van der Waals surface area (Å²) in [6.07, 6.45) is 0. The van der Waals surface area contributed by atoms with Crippen LogP contribution in [0.3, 0.4) is 0 Å². The molecule has 1 unspecified atom stereocenters. The maximum atomic E-state index is 9.61. The molecule has 0 aromatic rings. The van der Waals surface area contributed by atoms with Crippen molar-refractivity contribution in [1.82, 2.24) is 0 Å². The van der Waals surface area contributed by atoms with Crippen LogP contribution < -0.4 is 5.73 Å². The van der Waals surface area contributed by atoms with E-state index in [2.05, 4.69) is 22.5 Å². The normalized spacial score (nSPS) is 12.7. The predicted octanol–water partition coefficient (Wildman–Crippen LogP) is -0.371. The van der Waals surface area contributed by atoms with Crippen LogP contribution in [0.5, 0.6) is 0 Å². The zero-order chi connectivity index (χ0) is 5.86. The molecule has 0 amide bonds. The van der Waals surface area contributed by atoms with Crippen molar-refractivity contribution in [3.05, 3.63) is 0 Å². The molecular weight excluding hydrogens is 137 g/mol. The van der Waals surface area contributed by atoms with E-state index in [0.717, 1.165) is 0 Å². The van der Waals surface area contributed by atoms with E-state index in [0.29, 0.717) is 0 Å². The van der Waals surface area contributed by atoms with E-state index in [1.807, 2.05) is 0 Å². The van der Waals surface area contributed by atoms with Crippen LogP contribution in [0.25, 0.3) is 0 Å². The van der Waals surface area contributed by atoms with Gasteiger partial charge in [0.2, 0.25) is 0 Å². The quantitative estimate of drug-likeness (QED) is 0.385. The van der Waals surface area contributed by atoms with E-state index >= 15 is 0 Å². The molecule has 0 fully saturated rings. The Bertz CT molecular complexity index is 91.1. The molecule has 0 saturated heterocycles. The van der Waals surface area contributed by atoms with Crippen LogP contribution >= 0.6 is 20.5 Å². The lowest BCUT2D eigenvalue weighted by atomic mass is 11.4. The lowest BCUT2D eigenvalue weighted by Crippen LogP contribution is -2.07. The lowest BCUT2D eigenvalue weighted by molar-refractivity contribution is 0.408. The third-order valence-electron chi connectivity index (χ3n) is 0.188. The maximum Gasteiger partial charge on any atom is 0.367 e. The molecule has 7 heavy (non-hydrogen) atoms. The lowest BCUT2D eigenvalue weighted by Gasteiger charge is -1.92. The average Bonchev–Trinajstić information content (AvgIpc) is 1.27. The van der Waals surface area contributed by atoms with E-state index in [9.17, 15) is 4.57 Å². The molecule has 0 spiro atoms. The highest BCUT2D eigenvalue weighted by Gasteiger charge is 1.89. The number of thiocarbonyl (C=S) groups is 1. The summed E-state index contributed by atoms with van der Waals surface area (Å²) in [7, 11) is -2.95. The second kappa shape index (κ2) is 2.96. The van der Waals surface area contributed by atoms with Crippen molar-refractivity contribution in [3.63, 3.8) is 0 Å². The number of nitrogens with two attached hydrogens (primary N) is 1. The summed E-state index contributed by atoms with van der Waals surface area (Å²) in [5.74, 6) is 0. The highest BCUT2D eigenvalue weighted by molar-refractivity contribution is 7.80. The molecule has 3 N–H and O–H groups in total. The fourth-order valence-corrected chi connectivity index (χ4v) is 0.472. The molecular formula is CH4NO3PS. The first-order valence-corrected chi connectivity index (χ1v) is 3.00. The Labute approximate surface area is 46.2 Å². The molecule has 0 aromatic heterocycles. The molecule has 0 radical (unpaired) electrons. The van der Waals surface area contributed by atoms with Crippen molar-refractivity contribution in [1.29, 1.82) is 0 Å². The Kier molecular flexibility index (Phi) is 2.91. The van der Waals surface area contributed by atoms with Crippen molar-refractivity contribution in [2.45, 2.75) is 0 Å². The van der Waals surface area contributed by atoms with Gasteiger partial charge in [-0.2, -0.15) is 0 Å². The van der Waals surface area contributed by atoms with Crippen LogP contribution in [0.1, 0.15) is 0 Å². The molecule has 0 aliphatic carbocycles. The minimum absolute atomic E-state index is 0.397. The molecule has 0 aromatic carbocycles. The van der Waals surface area contributed by atoms with Gasteiger partial charge in [-0.05, 0) is 12.2 Å². The first-order valence-electron chi connectivity index (χ1n) is 1.33. The van der Waals surface area contributed by atoms with Gasteiger partial charge in [0.05, 0.1) is 0 Å². The van der Waals surface area contributed by atoms with Crippen molar-refractivity contribution in [3.8, 4) is 0 Å². The largest absolute Gasteiger partial charge is 0.400 e. The summed E-state index contributed by atoms with van der Waals surface area (Å²) >= 11 is 4.09. The minimum Gasteiger partial charge on any atom is -0.400 e. The minimum atomic E-state index is -2.95. The van der Waals surface area contributed by atoms with Crippen LogP contribution in [-0.4, -0.2) is 10.1 Å². The number of hydrogen-bond acceptors (Lipinski definition) is 3. The number of rotatable bonds is 1. The molecule has 0 bridgehead atoms. The third-order valence-corrected chi connectivity index (χ3v) is 0.814. The Morgan fingerprint density at radius 3 is 2.43 bits per heavy atom. The van der Waals surface area contributed by atoms with Gasteiger partial charge in [0.15, 0.2) is 0 Å². The van der Waals surface area contributed by atoms with E-state index in [1.54, 1.807) is 0 Å². The Morgan fingerprint density at radius 1 is 2.00 bits per heavy atom. The highest BCUT2D eigenvalue weighted by Crippen LogP contribution is 2.12. The van der Waals surface area contributed by atoms with Gasteiger partial charge in [0.1, 0.15) is 0 Å². The summed E-state index contributed by atoms with van der Waals surface area (Å²) in [5, 5.41) is -0.397. The van der Waals surface area contributed by atoms with Gasteiger partial charge in [-0.3, -0.25) is 0 Å². The summed E-state index contributed by atoms with van der Waals surface area (Å²) in [6.45, 7) is 0. The summed E-state index contributed by atoms with van der Waals surface area (Å²) < 4.78 is 13.5. The van der Waals surface area contributed by atoms with Gasteiger partial charge < -0.3 is 15.2 Å². The van der Waals surface area contributed by atoms with E-state index in [-0.39, 0.29) is 0 Å². The zero-order valence-corrected chi connectivity index (χ0v) is 5.07. The second-order valence-corrected chi connectivity index (χ2v) is 1.83. The van der Waals surface area contributed by atoms with Gasteiger partial charge in [-0.1, -0.05) is 0 Å². The Morgan fingerprint density at radius 2 is 2.43 bits per heavy atom. The van der Waals surface area contributed by atoms with Crippen LogP contribution in [0.4, 0.5) is 0 Å². The Balaban J connectivity index is 3.32. The van der Waals surface area contributed by atoms with E-state index < -0.39 is 13.4 Å². The standard InChI is InChI=1S/CH4NO3PS/c2-1(7)5-6(3)4/h6H,(H2,2,7)(H,3,4). The number of hydrogen-bond donors (Lipinski definition) is 2. The fourth-order valence-electron chi connectivity index (χ4n) is 0.0861. The first-order chi connectivity index (χ1) is 3.13. The van der Waals surface area contributed by atoms with Crippen LogP contribution in [0.2, 0.25) is 0 Å². The Hall–Kier alpha value is -0.120. The van der Waals surface area contributed by atoms with Crippen molar-refractivity contribution in [2.75, 3.05) is 0 Å². The summed E-state index contributed by atoms with van der Waals surface area (Å²) in [4.78, 5) is 7.88. The van der Waals surface area contributed by atoms with E-state index in [1.165, 1.54) is 0 Å². The topological polar surface area (TPSA) is 72.5 Å². The molecule has 0 saturated carbocycles. The van der Waals surface area contributed by atoms with Gasteiger partial charge in [-0.15, -0.1) is 0 Å². The third kappa shape index (κ3) is 5.88. The monoisotopic (exact) mass is 141 g/mol. The van der Waals surface area contributed by atoms with Gasteiger partial charge in [0.25, 0.3) is 5.17 Å². The maximum absolute atomic E-state index is 9.61. The molecule has 0 aliphatic rings. The van der Waals surface area contributed by atoms with Crippen molar-refractivity contribution < 1.29 is 14.0 Å². The van der Waals surface area contributed by atoms with Gasteiger partial charge >= 0.3 is 8.25 Å². The summed E-state index contributed by atoms with van der Waals surface area (Å²) in [6, 6.07) is 0. The molecule has 0 aliphatic heterocycles. The summed E-state index contributed by atoms with van der Waals surface area (Å²) in [5.41, 5.74) is 4.67. The molecule has 1 atom stereocenters. The molecule has 6 heteroatoms. The SMILES string of the molecule is NC(=S)O[PH](=O)O. The van der Waals surface area contributed by atoms with Crippen molar-refractivity contribution >= 4 is 25.6 Å². The molecule has 0 rings (SSSR count). The molecule has 0 heterocycles. The van der Waals surface area contributed by atoms with E-state index in [4.69, 9.17) is 4.89 Å². The molecule has 42 valence electrons. The average molecular weight is 141 g/mol. The smallest absolute Gasteiger partial charge is 0.367 e. The molecule has 4 nitrogen and oxygen atoms in total. The highest BCUT2D eigenvalue weighted by atomic mass is 32.1. The first kappa shape index (κ1) is 6.88. The van der Waals surface area contributed by atoms with Crippen LogP contribution in [-0.2, 0) is 9.09 Å². The zero-order valence-electron chi connectivity index (χ0n) is 3.25. The fraction of sp³-hybridized carbons (Fsp3) is 0. The van der Waals surface area contributed by atoms with Crippen LogP contribution in [0, 0.1) is 0 Å². The van der Waals surface area contributed by atoms with Gasteiger partial charge in [0, 0.05) is 0 Å². The van der Waals surface area contributed by atoms with Crippen molar-refractivity contribution in [2.24, 2.45) is 5.73 Å².